The van der Waals surface area contributed by atoms with Crippen LogP contribution < -0.4 is 0 Å². The Morgan fingerprint density at radius 2 is 2.33 bits per heavy atom. The van der Waals surface area contributed by atoms with Crippen LogP contribution in [-0.2, 0) is 11.2 Å². The lowest BCUT2D eigenvalue weighted by Crippen LogP contribution is -2.45. The topological polar surface area (TPSA) is 92.6 Å². The Labute approximate surface area is 160 Å². The van der Waals surface area contributed by atoms with Gasteiger partial charge in [0.2, 0.25) is 17.6 Å². The van der Waals surface area contributed by atoms with Crippen LogP contribution >= 0.6 is 11.3 Å². The summed E-state index contributed by atoms with van der Waals surface area (Å²) in [6.07, 6.45) is 2.43. The maximum atomic E-state index is 12.5. The summed E-state index contributed by atoms with van der Waals surface area (Å²) < 4.78 is 10.4. The number of furan rings is 1. The largest absolute Gasteiger partial charge is 0.461 e. The highest BCUT2D eigenvalue weighted by molar-refractivity contribution is 7.10. The van der Waals surface area contributed by atoms with Gasteiger partial charge in [0.15, 0.2) is 5.76 Å². The van der Waals surface area contributed by atoms with Crippen LogP contribution in [0.2, 0.25) is 0 Å². The van der Waals surface area contributed by atoms with Crippen molar-refractivity contribution >= 4 is 17.2 Å². The Balaban J connectivity index is 1.31. The zero-order chi connectivity index (χ0) is 18.8. The molecule has 0 aromatic carbocycles. The molecule has 7 nitrogen and oxygen atoms in total. The Kier molecular flexibility index (Phi) is 5.09. The van der Waals surface area contributed by atoms with E-state index in [0.717, 1.165) is 6.42 Å². The molecule has 1 aliphatic heterocycles. The predicted octanol–water partition coefficient (Wildman–Crippen LogP) is 3.01. The molecule has 1 N–H and O–H groups in total. The Hall–Kier alpha value is -2.45. The molecule has 0 spiro atoms. The van der Waals surface area contributed by atoms with Gasteiger partial charge < -0.3 is 18.9 Å². The van der Waals surface area contributed by atoms with Gasteiger partial charge >= 0.3 is 0 Å². The average Bonchev–Trinajstić information content (AvgIpc) is 3.41. The number of β-amino-alcohol motifs (C(OH)–C–C–N with tert-alkyl or cyclic N) is 1. The van der Waals surface area contributed by atoms with E-state index in [1.165, 1.54) is 10.4 Å². The second kappa shape index (κ2) is 7.66. The quantitative estimate of drug-likeness (QED) is 0.723. The molecular weight excluding hydrogens is 366 g/mol. The first-order valence-corrected chi connectivity index (χ1v) is 9.86. The fourth-order valence-electron chi connectivity index (χ4n) is 3.46. The van der Waals surface area contributed by atoms with Gasteiger partial charge in [0.25, 0.3) is 0 Å². The van der Waals surface area contributed by atoms with Crippen LogP contribution in [0, 0.1) is 6.92 Å². The third kappa shape index (κ3) is 3.81. The Morgan fingerprint density at radius 3 is 3.04 bits per heavy atom. The molecule has 2 atom stereocenters. The number of aromatic nitrogens is 2. The number of piperidine rings is 1. The van der Waals surface area contributed by atoms with Crippen LogP contribution in [0.1, 0.15) is 35.1 Å². The number of amides is 1. The molecule has 1 aliphatic rings. The molecule has 0 radical (unpaired) electrons. The van der Waals surface area contributed by atoms with Crippen molar-refractivity contribution in [3.63, 3.8) is 0 Å². The van der Waals surface area contributed by atoms with E-state index < -0.39 is 6.10 Å². The SMILES string of the molecule is Cc1ccsc1[C@@H]1CCN(C(=O)CCc2nc(-c3ccco3)no2)C[C@H]1O. The fourth-order valence-corrected chi connectivity index (χ4v) is 4.58. The van der Waals surface area contributed by atoms with Gasteiger partial charge in [-0.15, -0.1) is 11.3 Å². The van der Waals surface area contributed by atoms with E-state index in [-0.39, 0.29) is 18.2 Å². The van der Waals surface area contributed by atoms with Crippen LogP contribution in [0.25, 0.3) is 11.6 Å². The van der Waals surface area contributed by atoms with E-state index in [1.54, 1.807) is 34.6 Å². The fraction of sp³-hybridized carbons (Fsp3) is 0.421. The lowest BCUT2D eigenvalue weighted by Gasteiger charge is -2.36. The summed E-state index contributed by atoms with van der Waals surface area (Å²) in [4.78, 5) is 19.7. The van der Waals surface area contributed by atoms with Gasteiger partial charge in [-0.05, 0) is 42.5 Å². The van der Waals surface area contributed by atoms with Crippen molar-refractivity contribution in [3.8, 4) is 11.6 Å². The molecule has 0 saturated carbocycles. The molecule has 27 heavy (non-hydrogen) atoms. The Bertz CT molecular complexity index is 902. The summed E-state index contributed by atoms with van der Waals surface area (Å²) >= 11 is 1.68. The molecule has 1 saturated heterocycles. The number of aryl methyl sites for hydroxylation is 2. The van der Waals surface area contributed by atoms with Crippen LogP contribution in [-0.4, -0.2) is 45.2 Å². The molecule has 4 heterocycles. The first-order valence-electron chi connectivity index (χ1n) is 8.98. The summed E-state index contributed by atoms with van der Waals surface area (Å²) in [5.74, 6) is 1.42. The maximum Gasteiger partial charge on any atom is 0.238 e. The number of carbonyl (C=O) groups excluding carboxylic acids is 1. The van der Waals surface area contributed by atoms with Crippen molar-refractivity contribution in [1.29, 1.82) is 0 Å². The second-order valence-electron chi connectivity index (χ2n) is 6.76. The van der Waals surface area contributed by atoms with Gasteiger partial charge in [0.1, 0.15) is 0 Å². The number of likely N-dealkylation sites (tertiary alicyclic amines) is 1. The van der Waals surface area contributed by atoms with Crippen LogP contribution in [0.3, 0.4) is 0 Å². The van der Waals surface area contributed by atoms with E-state index in [2.05, 4.69) is 28.5 Å². The predicted molar refractivity (Wildman–Crippen MR) is 99.3 cm³/mol. The summed E-state index contributed by atoms with van der Waals surface area (Å²) in [5.41, 5.74) is 1.22. The minimum atomic E-state index is -0.533. The van der Waals surface area contributed by atoms with Crippen molar-refractivity contribution in [2.75, 3.05) is 13.1 Å². The highest BCUT2D eigenvalue weighted by Crippen LogP contribution is 2.34. The van der Waals surface area contributed by atoms with Crippen molar-refractivity contribution in [2.45, 2.75) is 38.2 Å². The molecule has 1 fully saturated rings. The highest BCUT2D eigenvalue weighted by Gasteiger charge is 2.32. The van der Waals surface area contributed by atoms with Crippen molar-refractivity contribution < 1.29 is 18.8 Å². The summed E-state index contributed by atoms with van der Waals surface area (Å²) in [7, 11) is 0. The minimum Gasteiger partial charge on any atom is -0.461 e. The van der Waals surface area contributed by atoms with Crippen molar-refractivity contribution in [3.05, 3.63) is 46.2 Å². The van der Waals surface area contributed by atoms with E-state index >= 15 is 0 Å². The molecular formula is C19H21N3O4S. The number of rotatable bonds is 5. The number of thiophene rings is 1. The van der Waals surface area contributed by atoms with Crippen LogP contribution in [0.15, 0.2) is 38.8 Å². The summed E-state index contributed by atoms with van der Waals surface area (Å²) in [6, 6.07) is 5.58. The number of carbonyl (C=O) groups is 1. The van der Waals surface area contributed by atoms with Gasteiger partial charge in [-0.2, -0.15) is 4.98 Å². The number of hydrogen-bond donors (Lipinski definition) is 1. The van der Waals surface area contributed by atoms with Crippen molar-refractivity contribution in [1.82, 2.24) is 15.0 Å². The molecule has 1 amide bonds. The standard InChI is InChI=1S/C19H21N3O4S/c1-12-7-10-27-18(12)13-6-8-22(11-14(13)23)17(24)5-4-16-20-19(21-26-16)15-3-2-9-25-15/h2-3,7,9-10,13-14,23H,4-6,8,11H2,1H3/t13-,14-/m1/s1. The van der Waals surface area contributed by atoms with Crippen LogP contribution in [0.5, 0.6) is 0 Å². The van der Waals surface area contributed by atoms with E-state index in [4.69, 9.17) is 8.94 Å². The molecule has 8 heteroatoms. The number of hydrogen-bond acceptors (Lipinski definition) is 7. The molecule has 3 aromatic rings. The monoisotopic (exact) mass is 387 g/mol. The Morgan fingerprint density at radius 1 is 1.44 bits per heavy atom. The zero-order valence-corrected chi connectivity index (χ0v) is 15.8. The highest BCUT2D eigenvalue weighted by atomic mass is 32.1. The first-order chi connectivity index (χ1) is 13.1. The van der Waals surface area contributed by atoms with Crippen LogP contribution in [0.4, 0.5) is 0 Å². The van der Waals surface area contributed by atoms with Gasteiger partial charge in [-0.1, -0.05) is 5.16 Å². The maximum absolute atomic E-state index is 12.5. The minimum absolute atomic E-state index is 0.00634. The molecule has 4 rings (SSSR count). The molecule has 3 aromatic heterocycles. The number of aliphatic hydroxyl groups excluding tert-OH is 1. The molecule has 0 aliphatic carbocycles. The van der Waals surface area contributed by atoms with E-state index in [9.17, 15) is 9.90 Å². The van der Waals surface area contributed by atoms with Gasteiger partial charge in [-0.25, -0.2) is 0 Å². The van der Waals surface area contributed by atoms with Gasteiger partial charge in [-0.3, -0.25) is 4.79 Å². The summed E-state index contributed by atoms with van der Waals surface area (Å²) in [6.45, 7) is 3.08. The van der Waals surface area contributed by atoms with Crippen molar-refractivity contribution in [2.24, 2.45) is 0 Å². The molecule has 142 valence electrons. The third-order valence-electron chi connectivity index (χ3n) is 4.94. The zero-order valence-electron chi connectivity index (χ0n) is 15.0. The average molecular weight is 387 g/mol. The lowest BCUT2D eigenvalue weighted by atomic mass is 9.90. The summed E-state index contributed by atoms with van der Waals surface area (Å²) in [5, 5.41) is 16.5. The van der Waals surface area contributed by atoms with E-state index in [0.29, 0.717) is 37.0 Å². The van der Waals surface area contributed by atoms with Gasteiger partial charge in [0, 0.05) is 36.7 Å². The van der Waals surface area contributed by atoms with Gasteiger partial charge in [0.05, 0.1) is 12.4 Å². The molecule has 0 unspecified atom stereocenters. The number of nitrogens with zero attached hydrogens (tertiary/aromatic N) is 3. The second-order valence-corrected chi connectivity index (χ2v) is 7.71. The third-order valence-corrected chi connectivity index (χ3v) is 6.09. The van der Waals surface area contributed by atoms with E-state index in [1.807, 2.05) is 0 Å². The first kappa shape index (κ1) is 17.9. The lowest BCUT2D eigenvalue weighted by molar-refractivity contribution is -0.134. The number of aliphatic hydroxyl groups is 1. The normalized spacial score (nSPS) is 20.1. The molecule has 0 bridgehead atoms. The smallest absolute Gasteiger partial charge is 0.238 e.